The van der Waals surface area contributed by atoms with Gasteiger partial charge in [0.15, 0.2) is 5.76 Å². The molecule has 3 rings (SSSR count). The van der Waals surface area contributed by atoms with E-state index in [-0.39, 0.29) is 10.9 Å². The van der Waals surface area contributed by atoms with Gasteiger partial charge in [0, 0.05) is 30.9 Å². The minimum atomic E-state index is -3.81. The van der Waals surface area contributed by atoms with E-state index in [0.717, 1.165) is 18.7 Å². The Morgan fingerprint density at radius 1 is 1.07 bits per heavy atom. The Labute approximate surface area is 166 Å². The molecule has 0 spiro atoms. The van der Waals surface area contributed by atoms with Crippen LogP contribution in [0, 0.1) is 0 Å². The van der Waals surface area contributed by atoms with Crippen molar-refractivity contribution in [1.29, 1.82) is 0 Å². The lowest BCUT2D eigenvalue weighted by atomic mass is 10.1. The van der Waals surface area contributed by atoms with Crippen LogP contribution in [0.4, 0.5) is 5.69 Å². The van der Waals surface area contributed by atoms with Gasteiger partial charge in [0.1, 0.15) is 0 Å². The van der Waals surface area contributed by atoms with Crippen molar-refractivity contribution >= 4 is 21.6 Å². The van der Waals surface area contributed by atoms with Crippen LogP contribution in [0.2, 0.25) is 0 Å². The average Bonchev–Trinajstić information content (AvgIpc) is 3.30. The quantitative estimate of drug-likeness (QED) is 0.771. The number of carbonyl (C=O) groups excluding carboxylic acids is 1. The number of anilines is 1. The van der Waals surface area contributed by atoms with Crippen molar-refractivity contribution in [1.82, 2.24) is 10.0 Å². The van der Waals surface area contributed by atoms with Crippen LogP contribution >= 0.6 is 0 Å². The number of furan rings is 1. The highest BCUT2D eigenvalue weighted by Crippen LogP contribution is 2.20. The number of amides is 1. The third kappa shape index (κ3) is 5.14. The van der Waals surface area contributed by atoms with Crippen molar-refractivity contribution in [3.63, 3.8) is 0 Å². The van der Waals surface area contributed by atoms with E-state index >= 15 is 0 Å². The van der Waals surface area contributed by atoms with Gasteiger partial charge in [-0.3, -0.25) is 4.79 Å². The summed E-state index contributed by atoms with van der Waals surface area (Å²) in [4.78, 5) is 14.6. The summed E-state index contributed by atoms with van der Waals surface area (Å²) in [5.41, 5.74) is 1.51. The number of nitrogens with zero attached hydrogens (tertiary/aromatic N) is 1. The third-order valence-corrected chi connectivity index (χ3v) is 6.00. The number of hydrogen-bond acceptors (Lipinski definition) is 5. The molecule has 2 aromatic rings. The first-order valence-electron chi connectivity index (χ1n) is 9.40. The second kappa shape index (κ2) is 7.97. The van der Waals surface area contributed by atoms with Crippen LogP contribution in [0.15, 0.2) is 45.9 Å². The van der Waals surface area contributed by atoms with Gasteiger partial charge >= 0.3 is 0 Å². The van der Waals surface area contributed by atoms with Crippen LogP contribution in [0.25, 0.3) is 0 Å². The molecule has 1 saturated heterocycles. The van der Waals surface area contributed by atoms with Gasteiger partial charge in [0.05, 0.1) is 0 Å². The summed E-state index contributed by atoms with van der Waals surface area (Å²) in [7, 11) is -3.81. The largest absolute Gasteiger partial charge is 0.438 e. The maximum Gasteiger partial charge on any atom is 0.287 e. The normalized spacial score (nSPS) is 15.0. The molecule has 1 amide bonds. The van der Waals surface area contributed by atoms with Gasteiger partial charge in [-0.25, -0.2) is 13.1 Å². The summed E-state index contributed by atoms with van der Waals surface area (Å²) in [6.07, 6.45) is 2.45. The molecule has 0 saturated carbocycles. The Hall–Kier alpha value is -2.32. The maximum atomic E-state index is 12.3. The van der Waals surface area contributed by atoms with Crippen molar-refractivity contribution in [2.75, 3.05) is 18.0 Å². The molecular formula is C20H27N3O4S. The molecule has 7 nitrogen and oxygen atoms in total. The standard InChI is InChI=1S/C20H27N3O4S/c1-20(2,3)22-28(25,26)18-11-10-17(27-18)19(24)21-14-15-6-8-16(9-7-15)23-12-4-5-13-23/h6-11,22H,4-5,12-14H2,1-3H3,(H,21,24). The van der Waals surface area contributed by atoms with E-state index in [9.17, 15) is 13.2 Å². The van der Waals surface area contributed by atoms with Crippen molar-refractivity contribution in [2.45, 2.75) is 50.8 Å². The summed E-state index contributed by atoms with van der Waals surface area (Å²) in [6, 6.07) is 10.7. The van der Waals surface area contributed by atoms with Crippen molar-refractivity contribution < 1.29 is 17.6 Å². The second-order valence-electron chi connectivity index (χ2n) is 8.02. The molecule has 1 fully saturated rings. The van der Waals surface area contributed by atoms with E-state index in [1.165, 1.54) is 30.7 Å². The van der Waals surface area contributed by atoms with Gasteiger partial charge in [0.25, 0.3) is 15.9 Å². The van der Waals surface area contributed by atoms with Crippen molar-refractivity contribution in [2.24, 2.45) is 0 Å². The van der Waals surface area contributed by atoms with Crippen LogP contribution in [0.1, 0.15) is 49.7 Å². The minimum absolute atomic E-state index is 0.0389. The first-order valence-corrected chi connectivity index (χ1v) is 10.9. The summed E-state index contributed by atoms with van der Waals surface area (Å²) >= 11 is 0. The Balaban J connectivity index is 1.59. The molecule has 28 heavy (non-hydrogen) atoms. The SMILES string of the molecule is CC(C)(C)NS(=O)(=O)c1ccc(C(=O)NCc2ccc(N3CCCC3)cc2)o1. The maximum absolute atomic E-state index is 12.3. The predicted octanol–water partition coefficient (Wildman–Crippen LogP) is 2.89. The van der Waals surface area contributed by atoms with E-state index in [0.29, 0.717) is 6.54 Å². The van der Waals surface area contributed by atoms with Gasteiger partial charge in [0.2, 0.25) is 5.09 Å². The number of sulfonamides is 1. The minimum Gasteiger partial charge on any atom is -0.438 e. The zero-order chi connectivity index (χ0) is 20.4. The van der Waals surface area contributed by atoms with Gasteiger partial charge in [-0.1, -0.05) is 12.1 Å². The smallest absolute Gasteiger partial charge is 0.287 e. The van der Waals surface area contributed by atoms with Gasteiger partial charge in [-0.15, -0.1) is 0 Å². The van der Waals surface area contributed by atoms with Crippen LogP contribution in [-0.4, -0.2) is 33.0 Å². The lowest BCUT2D eigenvalue weighted by Crippen LogP contribution is -2.40. The average molecular weight is 406 g/mol. The molecule has 1 aromatic heterocycles. The first kappa shape index (κ1) is 20.4. The first-order chi connectivity index (χ1) is 13.1. The summed E-state index contributed by atoms with van der Waals surface area (Å²) in [5.74, 6) is -0.496. The molecule has 0 bridgehead atoms. The summed E-state index contributed by atoms with van der Waals surface area (Å²) in [6.45, 7) is 7.71. The van der Waals surface area contributed by atoms with Gasteiger partial charge < -0.3 is 14.6 Å². The fourth-order valence-corrected chi connectivity index (χ4v) is 4.46. The molecule has 2 heterocycles. The molecule has 2 N–H and O–H groups in total. The molecule has 0 atom stereocenters. The Bertz CT molecular complexity index is 921. The topological polar surface area (TPSA) is 91.6 Å². The van der Waals surface area contributed by atoms with Gasteiger partial charge in [-0.2, -0.15) is 0 Å². The molecule has 0 unspecified atom stereocenters. The number of benzene rings is 1. The van der Waals surface area contributed by atoms with E-state index in [1.807, 2.05) is 12.1 Å². The summed E-state index contributed by atoms with van der Waals surface area (Å²) in [5, 5.41) is 2.48. The monoisotopic (exact) mass is 405 g/mol. The lowest BCUT2D eigenvalue weighted by Gasteiger charge is -2.19. The Kier molecular flexibility index (Phi) is 5.81. The Morgan fingerprint density at radius 2 is 1.71 bits per heavy atom. The van der Waals surface area contributed by atoms with Crippen LogP contribution in [0.3, 0.4) is 0 Å². The number of nitrogens with one attached hydrogen (secondary N) is 2. The van der Waals surface area contributed by atoms with Crippen LogP contribution in [-0.2, 0) is 16.6 Å². The highest BCUT2D eigenvalue weighted by Gasteiger charge is 2.26. The molecule has 0 radical (unpaired) electrons. The number of rotatable bonds is 6. The molecular weight excluding hydrogens is 378 g/mol. The second-order valence-corrected chi connectivity index (χ2v) is 9.63. The van der Waals surface area contributed by atoms with Crippen LogP contribution < -0.4 is 14.9 Å². The highest BCUT2D eigenvalue weighted by atomic mass is 32.2. The van der Waals surface area contributed by atoms with E-state index < -0.39 is 21.5 Å². The van der Waals surface area contributed by atoms with E-state index in [1.54, 1.807) is 20.8 Å². The number of hydrogen-bond donors (Lipinski definition) is 2. The zero-order valence-corrected chi connectivity index (χ0v) is 17.3. The van der Waals surface area contributed by atoms with Crippen molar-refractivity contribution in [3.8, 4) is 0 Å². The molecule has 0 aliphatic carbocycles. The fourth-order valence-electron chi connectivity index (χ4n) is 3.11. The van der Waals surface area contributed by atoms with Gasteiger partial charge in [-0.05, 0) is 63.4 Å². The molecule has 1 aliphatic heterocycles. The van der Waals surface area contributed by atoms with E-state index in [2.05, 4.69) is 27.1 Å². The van der Waals surface area contributed by atoms with E-state index in [4.69, 9.17) is 4.42 Å². The molecule has 8 heteroatoms. The Morgan fingerprint density at radius 3 is 2.32 bits per heavy atom. The summed E-state index contributed by atoms with van der Waals surface area (Å²) < 4.78 is 32.3. The van der Waals surface area contributed by atoms with Crippen molar-refractivity contribution in [3.05, 3.63) is 47.7 Å². The fraction of sp³-hybridized carbons (Fsp3) is 0.450. The zero-order valence-electron chi connectivity index (χ0n) is 16.5. The lowest BCUT2D eigenvalue weighted by molar-refractivity contribution is 0.0918. The molecule has 152 valence electrons. The van der Waals surface area contributed by atoms with Crippen LogP contribution in [0.5, 0.6) is 0 Å². The predicted molar refractivity (Wildman–Crippen MR) is 108 cm³/mol. The number of carbonyl (C=O) groups is 1. The highest BCUT2D eigenvalue weighted by molar-refractivity contribution is 7.89. The third-order valence-electron chi connectivity index (χ3n) is 4.37. The molecule has 1 aliphatic rings. The molecule has 1 aromatic carbocycles.